The van der Waals surface area contributed by atoms with E-state index in [1.807, 2.05) is 13.1 Å². The smallest absolute Gasteiger partial charge is 0.190 e. The summed E-state index contributed by atoms with van der Waals surface area (Å²) in [7, 11) is 1.85. The first-order valence-corrected chi connectivity index (χ1v) is 4.71. The molecule has 13 heavy (non-hydrogen) atoms. The van der Waals surface area contributed by atoms with Crippen molar-refractivity contribution in [1.82, 2.24) is 14.8 Å². The van der Waals surface area contributed by atoms with Crippen molar-refractivity contribution in [3.63, 3.8) is 0 Å². The molecule has 0 aromatic carbocycles. The Morgan fingerprint density at radius 1 is 1.85 bits per heavy atom. The van der Waals surface area contributed by atoms with Gasteiger partial charge in [-0.2, -0.15) is 5.26 Å². The molecule has 0 amide bonds. The molecule has 0 saturated carbocycles. The van der Waals surface area contributed by atoms with Crippen molar-refractivity contribution in [2.75, 3.05) is 5.75 Å². The van der Waals surface area contributed by atoms with Gasteiger partial charge in [0.2, 0.25) is 0 Å². The van der Waals surface area contributed by atoms with E-state index in [2.05, 4.69) is 10.2 Å². The van der Waals surface area contributed by atoms with E-state index in [1.165, 1.54) is 11.8 Å². The lowest BCUT2D eigenvalue weighted by atomic mass is 10.1. The van der Waals surface area contributed by atoms with Crippen LogP contribution in [0.15, 0.2) is 11.5 Å². The predicted octanol–water partition coefficient (Wildman–Crippen LogP) is 0.148. The zero-order valence-electron chi connectivity index (χ0n) is 7.56. The van der Waals surface area contributed by atoms with Gasteiger partial charge in [-0.15, -0.1) is 10.2 Å². The number of thioether (sulfide) groups is 1. The topological polar surface area (TPSA) is 80.5 Å². The van der Waals surface area contributed by atoms with Crippen molar-refractivity contribution in [2.24, 2.45) is 12.8 Å². The highest BCUT2D eigenvalue weighted by Gasteiger charge is 2.18. The second-order valence-corrected chi connectivity index (χ2v) is 3.98. The molecule has 0 radical (unpaired) electrons. The Balaban J connectivity index is 2.54. The Labute approximate surface area is 80.9 Å². The van der Waals surface area contributed by atoms with Crippen LogP contribution in [-0.2, 0) is 7.05 Å². The average Bonchev–Trinajstić information content (AvgIpc) is 2.48. The summed E-state index contributed by atoms with van der Waals surface area (Å²) in [6, 6.07) is 2.02. The first-order chi connectivity index (χ1) is 6.05. The molecule has 2 N–H and O–H groups in total. The van der Waals surface area contributed by atoms with Crippen molar-refractivity contribution in [1.29, 1.82) is 5.26 Å². The van der Waals surface area contributed by atoms with Gasteiger partial charge in [0.25, 0.3) is 0 Å². The SMILES string of the molecule is Cn1cnnc1SCC(C)(N)C#N. The number of aryl methyl sites for hydroxylation is 1. The minimum atomic E-state index is -0.809. The van der Waals surface area contributed by atoms with E-state index < -0.39 is 5.54 Å². The first-order valence-electron chi connectivity index (χ1n) is 3.72. The van der Waals surface area contributed by atoms with Crippen LogP contribution in [0.2, 0.25) is 0 Å². The fraction of sp³-hybridized carbons (Fsp3) is 0.571. The largest absolute Gasteiger partial charge is 0.313 e. The lowest BCUT2D eigenvalue weighted by molar-refractivity contribution is 0.678. The van der Waals surface area contributed by atoms with Gasteiger partial charge in [0.15, 0.2) is 5.16 Å². The van der Waals surface area contributed by atoms with Crippen LogP contribution in [-0.4, -0.2) is 26.1 Å². The molecule has 1 aromatic heterocycles. The minimum Gasteiger partial charge on any atom is -0.313 e. The van der Waals surface area contributed by atoms with Crippen molar-refractivity contribution in [2.45, 2.75) is 17.6 Å². The summed E-state index contributed by atoms with van der Waals surface area (Å²) < 4.78 is 1.79. The monoisotopic (exact) mass is 197 g/mol. The first kappa shape index (κ1) is 10.0. The highest BCUT2D eigenvalue weighted by Crippen LogP contribution is 2.17. The van der Waals surface area contributed by atoms with Crippen LogP contribution in [0.4, 0.5) is 0 Å². The average molecular weight is 197 g/mol. The van der Waals surface area contributed by atoms with Crippen LogP contribution in [0, 0.1) is 11.3 Å². The lowest BCUT2D eigenvalue weighted by Gasteiger charge is -2.13. The number of aromatic nitrogens is 3. The summed E-state index contributed by atoms with van der Waals surface area (Å²) in [5.41, 5.74) is 4.83. The van der Waals surface area contributed by atoms with Crippen LogP contribution in [0.3, 0.4) is 0 Å². The third-order valence-electron chi connectivity index (χ3n) is 1.43. The maximum atomic E-state index is 8.66. The fourth-order valence-electron chi connectivity index (χ4n) is 0.650. The maximum Gasteiger partial charge on any atom is 0.190 e. The van der Waals surface area contributed by atoms with E-state index >= 15 is 0 Å². The summed E-state index contributed by atoms with van der Waals surface area (Å²) in [5, 5.41) is 17.0. The van der Waals surface area contributed by atoms with Crippen molar-refractivity contribution < 1.29 is 0 Å². The van der Waals surface area contributed by atoms with Crippen molar-refractivity contribution in [3.05, 3.63) is 6.33 Å². The van der Waals surface area contributed by atoms with Crippen molar-refractivity contribution in [3.8, 4) is 6.07 Å². The molecule has 0 fully saturated rings. The zero-order valence-corrected chi connectivity index (χ0v) is 8.38. The van der Waals surface area contributed by atoms with Gasteiger partial charge in [0.05, 0.1) is 6.07 Å². The summed E-state index contributed by atoms with van der Waals surface area (Å²) in [5.74, 6) is 0.510. The van der Waals surface area contributed by atoms with Gasteiger partial charge >= 0.3 is 0 Å². The zero-order chi connectivity index (χ0) is 9.90. The van der Waals surface area contributed by atoms with E-state index in [-0.39, 0.29) is 0 Å². The third-order valence-corrected chi connectivity index (χ3v) is 2.80. The molecule has 5 nitrogen and oxygen atoms in total. The lowest BCUT2D eigenvalue weighted by Crippen LogP contribution is -2.36. The highest BCUT2D eigenvalue weighted by molar-refractivity contribution is 7.99. The van der Waals surface area contributed by atoms with E-state index in [0.717, 1.165) is 5.16 Å². The molecule has 0 aliphatic rings. The molecule has 1 rings (SSSR count). The molecule has 1 heterocycles. The Morgan fingerprint density at radius 2 is 2.54 bits per heavy atom. The number of nitriles is 1. The van der Waals surface area contributed by atoms with E-state index in [9.17, 15) is 0 Å². The van der Waals surface area contributed by atoms with Crippen LogP contribution in [0.1, 0.15) is 6.92 Å². The van der Waals surface area contributed by atoms with Gasteiger partial charge in [0, 0.05) is 12.8 Å². The van der Waals surface area contributed by atoms with Gasteiger partial charge in [-0.25, -0.2) is 0 Å². The number of rotatable bonds is 3. The quantitative estimate of drug-likeness (QED) is 0.697. The fourth-order valence-corrected chi connectivity index (χ4v) is 1.50. The minimum absolute atomic E-state index is 0.510. The molecular formula is C7H11N5S. The van der Waals surface area contributed by atoms with E-state index in [4.69, 9.17) is 11.0 Å². The summed E-state index contributed by atoms with van der Waals surface area (Å²) >= 11 is 1.43. The molecule has 0 spiro atoms. The molecule has 70 valence electrons. The normalized spacial score (nSPS) is 14.9. The number of nitrogens with two attached hydrogens (primary N) is 1. The van der Waals surface area contributed by atoms with Gasteiger partial charge in [-0.05, 0) is 6.92 Å². The molecule has 0 aliphatic carbocycles. The highest BCUT2D eigenvalue weighted by atomic mass is 32.2. The molecule has 0 aliphatic heterocycles. The Bertz CT molecular complexity index is 324. The molecule has 1 atom stereocenters. The molecule has 1 aromatic rings. The van der Waals surface area contributed by atoms with Crippen LogP contribution in [0.25, 0.3) is 0 Å². The van der Waals surface area contributed by atoms with Crippen LogP contribution in [0.5, 0.6) is 0 Å². The summed E-state index contributed by atoms with van der Waals surface area (Å²) in [4.78, 5) is 0. The number of hydrogen-bond acceptors (Lipinski definition) is 5. The summed E-state index contributed by atoms with van der Waals surface area (Å²) in [6.45, 7) is 1.69. The maximum absolute atomic E-state index is 8.66. The Morgan fingerprint density at radius 3 is 3.00 bits per heavy atom. The number of nitrogens with zero attached hydrogens (tertiary/aromatic N) is 4. The van der Waals surface area contributed by atoms with Crippen molar-refractivity contribution >= 4 is 11.8 Å². The molecule has 1 unspecified atom stereocenters. The number of hydrogen-bond donors (Lipinski definition) is 1. The molecule has 0 bridgehead atoms. The second-order valence-electron chi connectivity index (χ2n) is 3.04. The molecule has 0 saturated heterocycles. The summed E-state index contributed by atoms with van der Waals surface area (Å²) in [6.07, 6.45) is 1.61. The molecular weight excluding hydrogens is 186 g/mol. The second kappa shape index (κ2) is 3.77. The van der Waals surface area contributed by atoms with E-state index in [1.54, 1.807) is 17.8 Å². The van der Waals surface area contributed by atoms with Gasteiger partial charge in [-0.1, -0.05) is 11.8 Å². The van der Waals surface area contributed by atoms with Crippen LogP contribution >= 0.6 is 11.8 Å². The third kappa shape index (κ3) is 2.72. The van der Waals surface area contributed by atoms with Gasteiger partial charge in [0.1, 0.15) is 11.9 Å². The molecule has 6 heteroatoms. The van der Waals surface area contributed by atoms with Crippen LogP contribution < -0.4 is 5.73 Å². The standard InChI is InChI=1S/C7H11N5S/c1-7(9,3-8)4-13-6-11-10-5-12(6)2/h5H,4,9H2,1-2H3. The Hall–Kier alpha value is -1.06. The van der Waals surface area contributed by atoms with E-state index in [0.29, 0.717) is 5.75 Å². The van der Waals surface area contributed by atoms with Gasteiger partial charge < -0.3 is 10.3 Å². The van der Waals surface area contributed by atoms with Gasteiger partial charge in [-0.3, -0.25) is 0 Å². The Kier molecular flexibility index (Phi) is 2.90. The predicted molar refractivity (Wildman–Crippen MR) is 49.9 cm³/mol.